The van der Waals surface area contributed by atoms with Crippen LogP contribution in [0.15, 0.2) is 0 Å². The van der Waals surface area contributed by atoms with Crippen molar-refractivity contribution in [3.05, 3.63) is 12.7 Å². The number of rotatable bonds is 0. The van der Waals surface area contributed by atoms with Gasteiger partial charge in [0.2, 0.25) is 0 Å². The first kappa shape index (κ1) is 16.4. The van der Waals surface area contributed by atoms with Gasteiger partial charge in [-0.25, -0.2) is 0 Å². The molecule has 1 amide bonds. The maximum Gasteiger partial charge on any atom is 2.00 e. The first-order chi connectivity index (χ1) is 2.41. The van der Waals surface area contributed by atoms with Gasteiger partial charge >= 0.3 is 22.4 Å². The van der Waals surface area contributed by atoms with Crippen molar-refractivity contribution in [1.29, 1.82) is 0 Å². The van der Waals surface area contributed by atoms with Crippen LogP contribution in [0.3, 0.4) is 0 Å². The molecule has 0 spiro atoms. The SMILES string of the molecule is [CH2-]C.[NH-]C=O.[Ta+2]. The van der Waals surface area contributed by atoms with Crippen LogP contribution in [0.1, 0.15) is 6.92 Å². The van der Waals surface area contributed by atoms with Crippen LogP contribution in [0.4, 0.5) is 0 Å². The average molecular weight is 254 g/mol. The average Bonchev–Trinajstić information content (AvgIpc) is 1.46. The Bertz CT molecular complexity index is 18.3. The Labute approximate surface area is 53.6 Å². The smallest absolute Gasteiger partial charge is 0.671 e. The minimum absolute atomic E-state index is 0. The third kappa shape index (κ3) is 981. The molecule has 0 aliphatic rings. The van der Waals surface area contributed by atoms with E-state index in [1.165, 1.54) is 0 Å². The number of carbonyl (C=O) groups excluding carboxylic acids is 1. The predicted octanol–water partition coefficient (Wildman–Crippen LogP) is 1.03. The molecular weight excluding hydrogens is 247 g/mol. The van der Waals surface area contributed by atoms with E-state index in [9.17, 15) is 0 Å². The number of amides is 1. The van der Waals surface area contributed by atoms with Crippen molar-refractivity contribution < 1.29 is 27.2 Å². The molecule has 6 heavy (non-hydrogen) atoms. The second-order valence-electron chi connectivity index (χ2n) is 0.118. The fourth-order valence-electron chi connectivity index (χ4n) is 0. The fourth-order valence-corrected chi connectivity index (χ4v) is 0. The van der Waals surface area contributed by atoms with Gasteiger partial charge in [0.15, 0.2) is 0 Å². The van der Waals surface area contributed by atoms with Gasteiger partial charge < -0.3 is 17.5 Å². The van der Waals surface area contributed by atoms with E-state index in [2.05, 4.69) is 6.92 Å². The Hall–Kier alpha value is 0.210. The normalized spacial score (nSPS) is 3.00. The van der Waals surface area contributed by atoms with Crippen LogP contribution in [-0.2, 0) is 27.2 Å². The molecule has 0 unspecified atom stereocenters. The summed E-state index contributed by atoms with van der Waals surface area (Å²) in [6.45, 7) is 5.00. The van der Waals surface area contributed by atoms with Crippen molar-refractivity contribution in [3.63, 3.8) is 0 Å². The summed E-state index contributed by atoms with van der Waals surface area (Å²) in [5, 5.41) is 0. The van der Waals surface area contributed by atoms with Crippen molar-refractivity contribution in [3.8, 4) is 0 Å². The number of hydrogen-bond acceptors (Lipinski definition) is 1. The monoisotopic (exact) mass is 254 g/mol. The van der Waals surface area contributed by atoms with E-state index in [1.807, 2.05) is 0 Å². The molecule has 0 bridgehead atoms. The van der Waals surface area contributed by atoms with Crippen LogP contribution < -0.4 is 0 Å². The summed E-state index contributed by atoms with van der Waals surface area (Å²) >= 11 is 0. The molecule has 3 heteroatoms. The Morgan fingerprint density at radius 2 is 1.67 bits per heavy atom. The molecule has 0 aliphatic carbocycles. The zero-order valence-corrected chi connectivity index (χ0v) is 6.85. The van der Waals surface area contributed by atoms with Crippen LogP contribution in [-0.4, -0.2) is 6.41 Å². The Kier molecular flexibility index (Phi) is 172. The summed E-state index contributed by atoms with van der Waals surface area (Å²) in [6.07, 6.45) is 0. The van der Waals surface area contributed by atoms with E-state index in [1.54, 1.807) is 6.92 Å². The van der Waals surface area contributed by atoms with Crippen LogP contribution in [0.25, 0.3) is 5.73 Å². The Morgan fingerprint density at radius 1 is 1.67 bits per heavy atom. The minimum atomic E-state index is 0. The van der Waals surface area contributed by atoms with Gasteiger partial charge in [-0.15, -0.1) is 0 Å². The Morgan fingerprint density at radius 3 is 1.67 bits per heavy atom. The van der Waals surface area contributed by atoms with E-state index < -0.39 is 0 Å². The third-order valence-corrected chi connectivity index (χ3v) is 0. The maximum absolute atomic E-state index is 8.47. The van der Waals surface area contributed by atoms with Gasteiger partial charge in [-0.3, -0.25) is 0 Å². The standard InChI is InChI=1S/C2H5.CH3NO.Ta/c1-2;2-1-3;/h1H2,2H3;1H,(H2,2,3);/q-1;;+2/p-1. The minimum Gasteiger partial charge on any atom is -0.671 e. The van der Waals surface area contributed by atoms with Crippen molar-refractivity contribution in [2.75, 3.05) is 0 Å². The second kappa shape index (κ2) is 63.1. The number of hydrogen-bond donors (Lipinski definition) is 0. The van der Waals surface area contributed by atoms with Crippen molar-refractivity contribution in [1.82, 2.24) is 0 Å². The largest absolute Gasteiger partial charge is 2.00 e. The Balaban J connectivity index is -0.0000000275. The molecule has 35 valence electrons. The summed E-state index contributed by atoms with van der Waals surface area (Å²) in [5.74, 6) is 0. The molecule has 0 fully saturated rings. The van der Waals surface area contributed by atoms with Gasteiger partial charge in [-0.1, -0.05) is 0 Å². The molecule has 0 saturated heterocycles. The van der Waals surface area contributed by atoms with Gasteiger partial charge in [0.05, 0.1) is 0 Å². The number of nitrogens with one attached hydrogen (secondary N) is 1. The zero-order valence-electron chi connectivity index (χ0n) is 3.64. The summed E-state index contributed by atoms with van der Waals surface area (Å²) < 4.78 is 0. The molecule has 0 heterocycles. The van der Waals surface area contributed by atoms with Gasteiger partial charge in [0, 0.05) is 6.41 Å². The van der Waals surface area contributed by atoms with E-state index in [0.717, 1.165) is 0 Å². The van der Waals surface area contributed by atoms with E-state index in [0.29, 0.717) is 0 Å². The zero-order chi connectivity index (χ0) is 4.71. The van der Waals surface area contributed by atoms with Crippen LogP contribution >= 0.6 is 0 Å². The third-order valence-electron chi connectivity index (χ3n) is 0. The number of carbonyl (C=O) groups is 1. The summed E-state index contributed by atoms with van der Waals surface area (Å²) in [7, 11) is 0. The fraction of sp³-hybridized carbons (Fsp3) is 0.333. The molecule has 0 aliphatic heterocycles. The van der Waals surface area contributed by atoms with Crippen LogP contribution in [0.2, 0.25) is 0 Å². The van der Waals surface area contributed by atoms with Gasteiger partial charge in [-0.2, -0.15) is 6.92 Å². The molecule has 0 aromatic heterocycles. The molecule has 0 atom stereocenters. The van der Waals surface area contributed by atoms with E-state index in [4.69, 9.17) is 10.5 Å². The predicted molar refractivity (Wildman–Crippen MR) is 21.4 cm³/mol. The first-order valence-electron chi connectivity index (χ1n) is 1.23. The van der Waals surface area contributed by atoms with Crippen LogP contribution in [0.5, 0.6) is 0 Å². The molecule has 0 saturated carbocycles. The summed E-state index contributed by atoms with van der Waals surface area (Å²) in [5.41, 5.74) is 5.53. The molecule has 0 aromatic rings. The second-order valence-corrected chi connectivity index (χ2v) is 0.118. The summed E-state index contributed by atoms with van der Waals surface area (Å²) in [6, 6.07) is 0. The van der Waals surface area contributed by atoms with Gasteiger partial charge in [0.1, 0.15) is 0 Å². The first-order valence-corrected chi connectivity index (χ1v) is 1.23. The van der Waals surface area contributed by atoms with Gasteiger partial charge in [-0.05, 0) is 0 Å². The van der Waals surface area contributed by atoms with E-state index >= 15 is 0 Å². The quantitative estimate of drug-likeness (QED) is 0.470. The van der Waals surface area contributed by atoms with E-state index in [-0.39, 0.29) is 28.8 Å². The summed E-state index contributed by atoms with van der Waals surface area (Å²) in [4.78, 5) is 8.47. The van der Waals surface area contributed by atoms with Crippen molar-refractivity contribution in [2.24, 2.45) is 0 Å². The molecule has 0 aromatic carbocycles. The van der Waals surface area contributed by atoms with Gasteiger partial charge in [0.25, 0.3) is 0 Å². The maximum atomic E-state index is 8.47. The van der Waals surface area contributed by atoms with Crippen molar-refractivity contribution in [2.45, 2.75) is 6.92 Å². The van der Waals surface area contributed by atoms with Crippen molar-refractivity contribution >= 4 is 6.41 Å². The molecule has 1 radical (unpaired) electrons. The molecular formula is C3H7NOTa. The topological polar surface area (TPSA) is 40.9 Å². The molecule has 1 N–H and O–H groups in total. The molecule has 2 nitrogen and oxygen atoms in total. The van der Waals surface area contributed by atoms with Crippen LogP contribution in [0, 0.1) is 6.92 Å². The molecule has 0 rings (SSSR count).